The molecule has 2 aromatic carbocycles. The number of nitrogens with one attached hydrogen (secondary N) is 3. The van der Waals surface area contributed by atoms with Crippen molar-refractivity contribution in [1.29, 1.82) is 10.0 Å². The van der Waals surface area contributed by atoms with Gasteiger partial charge in [0, 0.05) is 25.0 Å². The van der Waals surface area contributed by atoms with Gasteiger partial charge in [0.15, 0.2) is 0 Å². The van der Waals surface area contributed by atoms with Crippen LogP contribution in [0.4, 0.5) is 10.1 Å². The number of aryl methyl sites for hydroxylation is 2. The first-order valence-electron chi connectivity index (χ1n) is 11.4. The molecule has 1 aromatic heterocycles. The Morgan fingerprint density at radius 3 is 2.83 bits per heavy atom. The van der Waals surface area contributed by atoms with E-state index in [2.05, 4.69) is 22.2 Å². The molecule has 4 rings (SSSR count). The predicted octanol–water partition coefficient (Wildman–Crippen LogP) is 4.88. The number of rotatable bonds is 7. The number of amides is 1. The Balaban J connectivity index is 1.42. The summed E-state index contributed by atoms with van der Waals surface area (Å²) in [6, 6.07) is 14.0. The summed E-state index contributed by atoms with van der Waals surface area (Å²) in [6.45, 7) is 0. The standard InChI is InChI=1S/C26H28FN5O2S/c1-32-16-24-22(25(32)26(33)30-20-9-13-23(27)18(14-20)15-28)12-8-19(31-35(24)29)5-3-4-17-6-10-21(34-2)11-7-17/h6-7,9-11,13-14,16,19H,3-5,8,12H2,1-2H3,(H2,29,31)(H,30,33). The van der Waals surface area contributed by atoms with Crippen LogP contribution in [-0.4, -0.2) is 23.6 Å². The molecule has 9 heteroatoms. The van der Waals surface area contributed by atoms with E-state index in [4.69, 9.17) is 14.8 Å². The lowest BCUT2D eigenvalue weighted by molar-refractivity contribution is 0.101. The molecule has 0 saturated heterocycles. The van der Waals surface area contributed by atoms with Crippen LogP contribution in [0, 0.1) is 21.9 Å². The molecule has 2 heterocycles. The zero-order chi connectivity index (χ0) is 24.9. The lowest BCUT2D eigenvalue weighted by Gasteiger charge is -2.16. The molecule has 7 nitrogen and oxygen atoms in total. The van der Waals surface area contributed by atoms with Gasteiger partial charge in [0.25, 0.3) is 5.91 Å². The summed E-state index contributed by atoms with van der Waals surface area (Å²) in [5.41, 5.74) is 2.86. The molecule has 3 N–H and O–H groups in total. The molecular weight excluding hydrogens is 465 g/mol. The molecular formula is C26H28FN5O2S. The fourth-order valence-electron chi connectivity index (χ4n) is 4.40. The zero-order valence-corrected chi connectivity index (χ0v) is 20.5. The third-order valence-electron chi connectivity index (χ3n) is 6.23. The summed E-state index contributed by atoms with van der Waals surface area (Å²) >= 11 is 0. The van der Waals surface area contributed by atoms with Gasteiger partial charge >= 0.3 is 0 Å². The molecule has 0 radical (unpaired) electrons. The van der Waals surface area contributed by atoms with E-state index in [0.717, 1.165) is 41.9 Å². The Labute approximate surface area is 206 Å². The molecule has 35 heavy (non-hydrogen) atoms. The highest BCUT2D eigenvalue weighted by atomic mass is 32.2. The van der Waals surface area contributed by atoms with E-state index in [1.807, 2.05) is 18.3 Å². The lowest BCUT2D eigenvalue weighted by atomic mass is 9.99. The van der Waals surface area contributed by atoms with Gasteiger partial charge in [0.2, 0.25) is 0 Å². The van der Waals surface area contributed by atoms with Crippen LogP contribution in [0.2, 0.25) is 0 Å². The molecule has 2 atom stereocenters. The number of ether oxygens (including phenoxy) is 1. The monoisotopic (exact) mass is 493 g/mol. The summed E-state index contributed by atoms with van der Waals surface area (Å²) in [7, 11) is 2.51. The van der Waals surface area contributed by atoms with Gasteiger partial charge < -0.3 is 14.6 Å². The Morgan fingerprint density at radius 2 is 2.11 bits per heavy atom. The average molecular weight is 494 g/mol. The molecule has 0 aliphatic carbocycles. The second-order valence-electron chi connectivity index (χ2n) is 8.59. The molecule has 0 bridgehead atoms. The lowest BCUT2D eigenvalue weighted by Crippen LogP contribution is -2.29. The molecule has 2 unspecified atom stereocenters. The second-order valence-corrected chi connectivity index (χ2v) is 9.88. The maximum absolute atomic E-state index is 13.6. The fraction of sp³-hybridized carbons (Fsp3) is 0.308. The number of anilines is 1. The number of halogens is 1. The quantitative estimate of drug-likeness (QED) is 0.437. The van der Waals surface area contributed by atoms with Crippen LogP contribution in [0.3, 0.4) is 0 Å². The van der Waals surface area contributed by atoms with Gasteiger partial charge in [0.05, 0.1) is 17.6 Å². The summed E-state index contributed by atoms with van der Waals surface area (Å²) in [5, 5.41) is 11.8. The Kier molecular flexibility index (Phi) is 7.63. The summed E-state index contributed by atoms with van der Waals surface area (Å²) in [5.74, 6) is -0.111. The van der Waals surface area contributed by atoms with Gasteiger partial charge in [-0.05, 0) is 84.4 Å². The van der Waals surface area contributed by atoms with E-state index in [0.29, 0.717) is 17.8 Å². The van der Waals surface area contributed by atoms with Crippen LogP contribution in [0.1, 0.15) is 46.4 Å². The van der Waals surface area contributed by atoms with Gasteiger partial charge in [-0.25, -0.2) is 9.11 Å². The number of carbonyl (C=O) groups is 1. The third-order valence-corrected chi connectivity index (χ3v) is 7.59. The molecule has 182 valence electrons. The number of aromatic nitrogens is 1. The van der Waals surface area contributed by atoms with Crippen molar-refractivity contribution in [2.24, 2.45) is 7.05 Å². The van der Waals surface area contributed by atoms with Crippen molar-refractivity contribution in [3.8, 4) is 11.8 Å². The van der Waals surface area contributed by atoms with Crippen LogP contribution >= 0.6 is 0 Å². The first-order chi connectivity index (χ1) is 16.9. The predicted molar refractivity (Wildman–Crippen MR) is 134 cm³/mol. The Morgan fingerprint density at radius 1 is 1.34 bits per heavy atom. The molecule has 1 aliphatic rings. The molecule has 1 amide bonds. The van der Waals surface area contributed by atoms with Crippen molar-refractivity contribution in [2.75, 3.05) is 12.4 Å². The van der Waals surface area contributed by atoms with Crippen molar-refractivity contribution in [1.82, 2.24) is 9.29 Å². The zero-order valence-electron chi connectivity index (χ0n) is 19.7. The largest absolute Gasteiger partial charge is 0.497 e. The van der Waals surface area contributed by atoms with E-state index < -0.39 is 16.7 Å². The number of nitriles is 1. The van der Waals surface area contributed by atoms with Crippen molar-refractivity contribution in [3.05, 3.63) is 76.9 Å². The van der Waals surface area contributed by atoms with Gasteiger partial charge in [0.1, 0.15) is 23.3 Å². The summed E-state index contributed by atoms with van der Waals surface area (Å²) in [4.78, 5) is 14.0. The summed E-state index contributed by atoms with van der Waals surface area (Å²) in [6.07, 6.45) is 6.26. The first kappa shape index (κ1) is 24.6. The maximum Gasteiger partial charge on any atom is 0.272 e. The molecule has 1 aliphatic heterocycles. The van der Waals surface area contributed by atoms with E-state index in [9.17, 15) is 9.18 Å². The number of benzene rings is 2. The van der Waals surface area contributed by atoms with E-state index in [1.54, 1.807) is 24.8 Å². The van der Waals surface area contributed by atoms with Gasteiger partial charge in [-0.1, -0.05) is 12.1 Å². The van der Waals surface area contributed by atoms with Crippen LogP contribution < -0.4 is 14.8 Å². The van der Waals surface area contributed by atoms with Gasteiger partial charge in [-0.15, -0.1) is 0 Å². The van der Waals surface area contributed by atoms with Crippen LogP contribution in [0.15, 0.2) is 53.6 Å². The fourth-order valence-corrected chi connectivity index (χ4v) is 5.80. The Bertz CT molecular complexity index is 1300. The second kappa shape index (κ2) is 10.8. The van der Waals surface area contributed by atoms with E-state index in [1.165, 1.54) is 23.8 Å². The van der Waals surface area contributed by atoms with Crippen LogP contribution in [-0.2, 0) is 30.8 Å². The van der Waals surface area contributed by atoms with Crippen LogP contribution in [0.25, 0.3) is 0 Å². The molecule has 3 aromatic rings. The minimum absolute atomic E-state index is 0.122. The highest BCUT2D eigenvalue weighted by molar-refractivity contribution is 7.84. The van der Waals surface area contributed by atoms with Crippen molar-refractivity contribution in [3.63, 3.8) is 0 Å². The highest BCUT2D eigenvalue weighted by Crippen LogP contribution is 2.28. The van der Waals surface area contributed by atoms with Gasteiger partial charge in [-0.2, -0.15) is 5.26 Å². The van der Waals surface area contributed by atoms with Crippen molar-refractivity contribution in [2.45, 2.75) is 43.0 Å². The number of carbonyl (C=O) groups excluding carboxylic acids is 1. The SMILES string of the molecule is COc1ccc(CCCC2CCc3c(cn(C)c3C(=O)Nc3ccc(F)c(C#N)c3)S(=N)N2)cc1. The van der Waals surface area contributed by atoms with E-state index >= 15 is 0 Å². The topological polar surface area (TPSA) is 103 Å². The van der Waals surface area contributed by atoms with Gasteiger partial charge in [-0.3, -0.25) is 9.57 Å². The smallest absolute Gasteiger partial charge is 0.272 e. The molecule has 0 spiro atoms. The summed E-state index contributed by atoms with van der Waals surface area (Å²) < 4.78 is 32.7. The molecule has 0 fully saturated rings. The van der Waals surface area contributed by atoms with Crippen molar-refractivity contribution >= 4 is 22.5 Å². The number of hydrogen-bond acceptors (Lipinski definition) is 4. The number of methoxy groups -OCH3 is 1. The number of nitrogens with zero attached hydrogens (tertiary/aromatic N) is 2. The third kappa shape index (κ3) is 5.61. The molecule has 0 saturated carbocycles. The van der Waals surface area contributed by atoms with Crippen molar-refractivity contribution < 1.29 is 13.9 Å². The maximum atomic E-state index is 13.6. The van der Waals surface area contributed by atoms with Crippen LogP contribution in [0.5, 0.6) is 5.75 Å². The number of fused-ring (bicyclic) bond motifs is 1. The normalized spacial score (nSPS) is 17.2. The average Bonchev–Trinajstić information content (AvgIpc) is 3.12. The Hall–Kier alpha value is -3.48. The minimum Gasteiger partial charge on any atom is -0.497 e. The minimum atomic E-state index is -0.936. The number of hydrogen-bond donors (Lipinski definition) is 3. The van der Waals surface area contributed by atoms with E-state index in [-0.39, 0.29) is 17.5 Å². The highest BCUT2D eigenvalue weighted by Gasteiger charge is 2.27. The first-order valence-corrected chi connectivity index (χ1v) is 12.7.